The van der Waals surface area contributed by atoms with E-state index in [1.165, 1.54) is 18.4 Å². The molecule has 1 saturated heterocycles. The molecule has 1 heterocycles. The van der Waals surface area contributed by atoms with Gasteiger partial charge in [0.05, 0.1) is 25.9 Å². The Kier molecular flexibility index (Phi) is 5.49. The molecule has 17 heavy (non-hydrogen) atoms. The van der Waals surface area contributed by atoms with Crippen LogP contribution in [0.4, 0.5) is 0 Å². The summed E-state index contributed by atoms with van der Waals surface area (Å²) in [7, 11) is 0. The number of hydrogen-bond acceptors (Lipinski definition) is 3. The zero-order chi connectivity index (χ0) is 11.8. The largest absolute Gasteiger partial charge is 0.375 e. The summed E-state index contributed by atoms with van der Waals surface area (Å²) in [5.41, 5.74) is 1.21. The highest BCUT2D eigenvalue weighted by molar-refractivity contribution is 5.13. The summed E-state index contributed by atoms with van der Waals surface area (Å²) in [5, 5.41) is 3.34. The van der Waals surface area contributed by atoms with Gasteiger partial charge in [0.25, 0.3) is 0 Å². The number of nitrogens with one attached hydrogen (secondary N) is 1. The summed E-state index contributed by atoms with van der Waals surface area (Å²) in [5.74, 6) is 0. The summed E-state index contributed by atoms with van der Waals surface area (Å²) >= 11 is 0. The van der Waals surface area contributed by atoms with Crippen molar-refractivity contribution in [3.05, 3.63) is 35.9 Å². The lowest BCUT2D eigenvalue weighted by atomic mass is 10.1. The second kappa shape index (κ2) is 7.43. The van der Waals surface area contributed by atoms with Crippen LogP contribution in [-0.2, 0) is 16.1 Å². The van der Waals surface area contributed by atoms with Gasteiger partial charge in [-0.05, 0) is 24.9 Å². The van der Waals surface area contributed by atoms with Gasteiger partial charge in [0.2, 0.25) is 0 Å². The predicted octanol–water partition coefficient (Wildman–Crippen LogP) is 1.97. The van der Waals surface area contributed by atoms with E-state index in [0.29, 0.717) is 25.9 Å². The van der Waals surface area contributed by atoms with Gasteiger partial charge in [-0.2, -0.15) is 0 Å². The van der Waals surface area contributed by atoms with Gasteiger partial charge in [-0.3, -0.25) is 0 Å². The van der Waals surface area contributed by atoms with Crippen molar-refractivity contribution in [2.24, 2.45) is 0 Å². The molecule has 0 saturated carbocycles. The maximum absolute atomic E-state index is 5.73. The molecule has 3 heteroatoms. The summed E-state index contributed by atoms with van der Waals surface area (Å²) in [6.45, 7) is 4.15. The fourth-order valence-electron chi connectivity index (χ4n) is 2.00. The fourth-order valence-corrected chi connectivity index (χ4v) is 2.00. The normalized spacial score (nSPS) is 20.4. The quantitative estimate of drug-likeness (QED) is 0.765. The average molecular weight is 235 g/mol. The van der Waals surface area contributed by atoms with Crippen molar-refractivity contribution >= 4 is 0 Å². The van der Waals surface area contributed by atoms with Crippen molar-refractivity contribution in [3.63, 3.8) is 0 Å². The molecule has 0 spiro atoms. The predicted molar refractivity (Wildman–Crippen MR) is 67.9 cm³/mol. The van der Waals surface area contributed by atoms with Gasteiger partial charge >= 0.3 is 0 Å². The van der Waals surface area contributed by atoms with Crippen molar-refractivity contribution < 1.29 is 9.47 Å². The molecule has 2 rings (SSSR count). The van der Waals surface area contributed by atoms with E-state index in [9.17, 15) is 0 Å². The van der Waals surface area contributed by atoms with Crippen LogP contribution in [0.3, 0.4) is 0 Å². The van der Waals surface area contributed by atoms with Gasteiger partial charge in [-0.25, -0.2) is 0 Å². The molecular formula is C14H21NO2. The SMILES string of the molecule is c1ccc(COCCOC2CCCNC2)cc1. The molecular weight excluding hydrogens is 214 g/mol. The third kappa shape index (κ3) is 4.86. The van der Waals surface area contributed by atoms with Gasteiger partial charge in [0.15, 0.2) is 0 Å². The van der Waals surface area contributed by atoms with E-state index in [1.807, 2.05) is 18.2 Å². The van der Waals surface area contributed by atoms with Crippen molar-refractivity contribution in [3.8, 4) is 0 Å². The Morgan fingerprint density at radius 3 is 2.82 bits per heavy atom. The van der Waals surface area contributed by atoms with E-state index >= 15 is 0 Å². The van der Waals surface area contributed by atoms with Crippen LogP contribution in [0.25, 0.3) is 0 Å². The number of ether oxygens (including phenoxy) is 2. The van der Waals surface area contributed by atoms with Gasteiger partial charge in [-0.15, -0.1) is 0 Å². The lowest BCUT2D eigenvalue weighted by Gasteiger charge is -2.22. The highest BCUT2D eigenvalue weighted by Gasteiger charge is 2.12. The van der Waals surface area contributed by atoms with Crippen LogP contribution in [0.5, 0.6) is 0 Å². The van der Waals surface area contributed by atoms with Crippen molar-refractivity contribution in [2.75, 3.05) is 26.3 Å². The second-order valence-electron chi connectivity index (χ2n) is 4.38. The van der Waals surface area contributed by atoms with Gasteiger partial charge in [0, 0.05) is 6.54 Å². The number of piperidine rings is 1. The summed E-state index contributed by atoms with van der Waals surface area (Å²) < 4.78 is 11.3. The second-order valence-corrected chi connectivity index (χ2v) is 4.38. The van der Waals surface area contributed by atoms with Crippen LogP contribution < -0.4 is 5.32 Å². The third-order valence-corrected chi connectivity index (χ3v) is 2.94. The van der Waals surface area contributed by atoms with Crippen LogP contribution in [0, 0.1) is 0 Å². The first-order valence-corrected chi connectivity index (χ1v) is 6.39. The molecule has 1 aromatic carbocycles. The van der Waals surface area contributed by atoms with Crippen LogP contribution >= 0.6 is 0 Å². The molecule has 1 aliphatic rings. The van der Waals surface area contributed by atoms with E-state index in [2.05, 4.69) is 17.4 Å². The molecule has 94 valence electrons. The molecule has 0 aliphatic carbocycles. The first kappa shape index (κ1) is 12.6. The number of rotatable bonds is 6. The van der Waals surface area contributed by atoms with Crippen LogP contribution in [-0.4, -0.2) is 32.4 Å². The zero-order valence-electron chi connectivity index (χ0n) is 10.2. The molecule has 1 unspecified atom stereocenters. The maximum Gasteiger partial charge on any atom is 0.0718 e. The molecule has 1 N–H and O–H groups in total. The highest BCUT2D eigenvalue weighted by atomic mass is 16.5. The molecule has 1 atom stereocenters. The Balaban J connectivity index is 1.51. The highest BCUT2D eigenvalue weighted by Crippen LogP contribution is 2.06. The molecule has 0 bridgehead atoms. The Bertz CT molecular complexity index is 296. The monoisotopic (exact) mass is 235 g/mol. The lowest BCUT2D eigenvalue weighted by Crippen LogP contribution is -2.35. The van der Waals surface area contributed by atoms with Crippen LogP contribution in [0.15, 0.2) is 30.3 Å². The average Bonchev–Trinajstić information content (AvgIpc) is 2.41. The van der Waals surface area contributed by atoms with Crippen LogP contribution in [0.2, 0.25) is 0 Å². The Labute approximate surface area is 103 Å². The van der Waals surface area contributed by atoms with E-state index in [1.54, 1.807) is 0 Å². The molecule has 0 radical (unpaired) electrons. The standard InChI is InChI=1S/C14H21NO2/c1-2-5-13(6-3-1)12-16-9-10-17-14-7-4-8-15-11-14/h1-3,5-6,14-15H,4,7-12H2. The van der Waals surface area contributed by atoms with Crippen LogP contribution in [0.1, 0.15) is 18.4 Å². The topological polar surface area (TPSA) is 30.5 Å². The minimum atomic E-state index is 0.379. The number of hydrogen-bond donors (Lipinski definition) is 1. The Morgan fingerprint density at radius 2 is 2.06 bits per heavy atom. The maximum atomic E-state index is 5.73. The Morgan fingerprint density at radius 1 is 1.18 bits per heavy atom. The minimum Gasteiger partial charge on any atom is -0.375 e. The van der Waals surface area contributed by atoms with Gasteiger partial charge < -0.3 is 14.8 Å². The third-order valence-electron chi connectivity index (χ3n) is 2.94. The zero-order valence-corrected chi connectivity index (χ0v) is 10.2. The van der Waals surface area contributed by atoms with Crippen molar-refractivity contribution in [2.45, 2.75) is 25.6 Å². The summed E-state index contributed by atoms with van der Waals surface area (Å²) in [6, 6.07) is 10.2. The molecule has 3 nitrogen and oxygen atoms in total. The van der Waals surface area contributed by atoms with E-state index in [-0.39, 0.29) is 0 Å². The first-order chi connectivity index (χ1) is 8.45. The smallest absolute Gasteiger partial charge is 0.0718 e. The van der Waals surface area contributed by atoms with E-state index in [4.69, 9.17) is 9.47 Å². The molecule has 0 amide bonds. The van der Waals surface area contributed by atoms with Gasteiger partial charge in [-0.1, -0.05) is 30.3 Å². The van der Waals surface area contributed by atoms with E-state index in [0.717, 1.165) is 13.1 Å². The summed E-state index contributed by atoms with van der Waals surface area (Å²) in [4.78, 5) is 0. The summed E-state index contributed by atoms with van der Waals surface area (Å²) in [6.07, 6.45) is 2.77. The van der Waals surface area contributed by atoms with E-state index < -0.39 is 0 Å². The molecule has 1 fully saturated rings. The first-order valence-electron chi connectivity index (χ1n) is 6.39. The van der Waals surface area contributed by atoms with Gasteiger partial charge in [0.1, 0.15) is 0 Å². The molecule has 1 aliphatic heterocycles. The lowest BCUT2D eigenvalue weighted by molar-refractivity contribution is -0.00816. The molecule has 0 aromatic heterocycles. The Hall–Kier alpha value is -0.900. The number of benzene rings is 1. The van der Waals surface area contributed by atoms with Crippen molar-refractivity contribution in [1.29, 1.82) is 0 Å². The fraction of sp³-hybridized carbons (Fsp3) is 0.571. The molecule has 1 aromatic rings. The van der Waals surface area contributed by atoms with Crippen molar-refractivity contribution in [1.82, 2.24) is 5.32 Å². The minimum absolute atomic E-state index is 0.379.